The first-order valence-corrected chi connectivity index (χ1v) is 17.9. The molecule has 47 heavy (non-hydrogen) atoms. The number of halogens is 2. The van der Waals surface area contributed by atoms with Crippen LogP contribution in [-0.2, 0) is 16.1 Å². The van der Waals surface area contributed by atoms with Crippen LogP contribution in [0.1, 0.15) is 36.6 Å². The van der Waals surface area contributed by atoms with Crippen molar-refractivity contribution in [3.63, 3.8) is 0 Å². The third-order valence-corrected chi connectivity index (χ3v) is 10.2. The summed E-state index contributed by atoms with van der Waals surface area (Å²) in [7, 11) is 1.31. The van der Waals surface area contributed by atoms with Gasteiger partial charge in [0.05, 0.1) is 43.6 Å². The molecule has 6 rings (SSSR count). The Morgan fingerprint density at radius 3 is 2.40 bits per heavy atom. The fourth-order valence-corrected chi connectivity index (χ4v) is 8.60. The van der Waals surface area contributed by atoms with Crippen molar-refractivity contribution in [2.24, 2.45) is 4.99 Å². The fourth-order valence-electron chi connectivity index (χ4n) is 5.51. The van der Waals surface area contributed by atoms with Gasteiger partial charge in [-0.1, -0.05) is 59.9 Å². The molecule has 0 N–H and O–H groups in total. The van der Waals surface area contributed by atoms with Crippen LogP contribution in [0.25, 0.3) is 16.8 Å². The molecular weight excluding hydrogens is 842 g/mol. The molecule has 0 amide bonds. The van der Waals surface area contributed by atoms with E-state index >= 15 is 0 Å². The van der Waals surface area contributed by atoms with Crippen LogP contribution in [0.15, 0.2) is 94.4 Å². The number of thiazole rings is 1. The molecule has 0 unspecified atom stereocenters. The number of hydrogen-bond donors (Lipinski definition) is 0. The third-order valence-electron chi connectivity index (χ3n) is 7.58. The summed E-state index contributed by atoms with van der Waals surface area (Å²) >= 11 is 5.81. The number of methoxy groups -OCH3 is 1. The van der Waals surface area contributed by atoms with E-state index in [2.05, 4.69) is 74.4 Å². The van der Waals surface area contributed by atoms with Gasteiger partial charge in [0, 0.05) is 6.20 Å². The average molecular weight is 873 g/mol. The zero-order chi connectivity index (χ0) is 33.1. The number of fused-ring (bicyclic) bond motifs is 2. The minimum Gasteiger partial charge on any atom is -0.490 e. The molecule has 1 aromatic heterocycles. The minimum atomic E-state index is -0.763. The number of carbonyl (C=O) groups is 1. The molecule has 11 heteroatoms. The van der Waals surface area contributed by atoms with Gasteiger partial charge in [0.25, 0.3) is 5.56 Å². The second-order valence-electron chi connectivity index (χ2n) is 10.5. The van der Waals surface area contributed by atoms with Gasteiger partial charge in [0.1, 0.15) is 12.4 Å². The highest BCUT2D eigenvalue weighted by atomic mass is 127. The second kappa shape index (κ2) is 14.6. The number of benzene rings is 4. The Kier molecular flexibility index (Phi) is 10.3. The lowest BCUT2D eigenvalue weighted by Gasteiger charge is -2.23. The van der Waals surface area contributed by atoms with Crippen molar-refractivity contribution in [1.29, 1.82) is 0 Å². The van der Waals surface area contributed by atoms with E-state index in [1.54, 1.807) is 16.7 Å². The van der Waals surface area contributed by atoms with Gasteiger partial charge in [0.2, 0.25) is 0 Å². The Bertz CT molecular complexity index is 2180. The Morgan fingerprint density at radius 1 is 0.936 bits per heavy atom. The number of hydrogen-bond acceptors (Lipinski definition) is 8. The Hall–Kier alpha value is -3.69. The van der Waals surface area contributed by atoms with E-state index in [-0.39, 0.29) is 11.1 Å². The van der Waals surface area contributed by atoms with Crippen molar-refractivity contribution in [2.45, 2.75) is 26.5 Å². The first-order valence-electron chi connectivity index (χ1n) is 14.9. The number of carbonyl (C=O) groups excluding carboxylic acids is 1. The maximum Gasteiger partial charge on any atom is 0.337 e. The molecule has 240 valence electrons. The average Bonchev–Trinajstić information content (AvgIpc) is 3.39. The van der Waals surface area contributed by atoms with E-state index in [4.69, 9.17) is 18.9 Å². The standard InChI is InChI=1S/C36H30I2N2O6S/c1-4-44-29-14-13-23(18-30(29)45-5-2)32-26(35(42)43-3)19-39-36-40(32)34(41)31(47-36)17-21-15-27(37)33(28(38)16-21)46-20-24-11-8-10-22-9-6-7-12-25(22)24/h6-19,32H,4-5,20H2,1-3H3/b31-17-/t32-/m0/s1. The van der Waals surface area contributed by atoms with Gasteiger partial charge in [-0.25, -0.2) is 9.79 Å². The van der Waals surface area contributed by atoms with E-state index in [0.29, 0.717) is 46.2 Å². The molecule has 1 aliphatic rings. The quantitative estimate of drug-likeness (QED) is 0.114. The normalized spacial score (nSPS) is 14.3. The molecule has 1 atom stereocenters. The Labute approximate surface area is 302 Å². The van der Waals surface area contributed by atoms with Gasteiger partial charge >= 0.3 is 5.97 Å². The first-order chi connectivity index (χ1) is 22.8. The number of aromatic nitrogens is 1. The number of rotatable bonds is 10. The van der Waals surface area contributed by atoms with Gasteiger partial charge in [-0.2, -0.15) is 0 Å². The van der Waals surface area contributed by atoms with Crippen LogP contribution in [-0.4, -0.2) is 30.9 Å². The van der Waals surface area contributed by atoms with Crippen molar-refractivity contribution >= 4 is 79.3 Å². The lowest BCUT2D eigenvalue weighted by molar-refractivity contribution is -0.136. The smallest absolute Gasteiger partial charge is 0.337 e. The fraction of sp³-hybridized carbons (Fsp3) is 0.194. The number of ether oxygens (including phenoxy) is 4. The summed E-state index contributed by atoms with van der Waals surface area (Å²) in [4.78, 5) is 32.0. The molecule has 0 bridgehead atoms. The monoisotopic (exact) mass is 872 g/mol. The van der Waals surface area contributed by atoms with E-state index in [0.717, 1.165) is 24.0 Å². The zero-order valence-corrected chi connectivity index (χ0v) is 30.9. The summed E-state index contributed by atoms with van der Waals surface area (Å²) in [5.41, 5.74) is 2.62. The van der Waals surface area contributed by atoms with Crippen LogP contribution in [0, 0.1) is 7.14 Å². The lowest BCUT2D eigenvalue weighted by Crippen LogP contribution is -2.39. The summed E-state index contributed by atoms with van der Waals surface area (Å²) in [5.74, 6) is 1.34. The number of esters is 1. The summed E-state index contributed by atoms with van der Waals surface area (Å²) in [6.07, 6.45) is 3.33. The van der Waals surface area contributed by atoms with Gasteiger partial charge in [-0.3, -0.25) is 9.36 Å². The highest BCUT2D eigenvalue weighted by Crippen LogP contribution is 2.35. The largest absolute Gasteiger partial charge is 0.490 e. The van der Waals surface area contributed by atoms with Crippen molar-refractivity contribution in [3.05, 3.63) is 128 Å². The van der Waals surface area contributed by atoms with Crippen LogP contribution in [0.4, 0.5) is 0 Å². The van der Waals surface area contributed by atoms with Gasteiger partial charge in [-0.15, -0.1) is 0 Å². The Balaban J connectivity index is 1.36. The van der Waals surface area contributed by atoms with E-state index in [9.17, 15) is 9.59 Å². The predicted octanol–water partition coefficient (Wildman–Crippen LogP) is 6.76. The van der Waals surface area contributed by atoms with E-state index in [1.807, 2.05) is 56.3 Å². The van der Waals surface area contributed by atoms with Crippen LogP contribution in [0.5, 0.6) is 17.2 Å². The van der Waals surface area contributed by atoms with Crippen molar-refractivity contribution in [1.82, 2.24) is 4.57 Å². The summed E-state index contributed by atoms with van der Waals surface area (Å²) in [6, 6.07) is 23.2. The zero-order valence-electron chi connectivity index (χ0n) is 25.8. The summed E-state index contributed by atoms with van der Waals surface area (Å²) in [6.45, 7) is 5.12. The van der Waals surface area contributed by atoms with E-state index < -0.39 is 12.0 Å². The van der Waals surface area contributed by atoms with Crippen molar-refractivity contribution < 1.29 is 23.7 Å². The summed E-state index contributed by atoms with van der Waals surface area (Å²) < 4.78 is 26.9. The highest BCUT2D eigenvalue weighted by molar-refractivity contribution is 14.1. The van der Waals surface area contributed by atoms with Crippen LogP contribution in [0.3, 0.4) is 0 Å². The molecule has 0 spiro atoms. The molecule has 0 saturated heterocycles. The maximum absolute atomic E-state index is 14.1. The third kappa shape index (κ3) is 6.83. The Morgan fingerprint density at radius 2 is 1.66 bits per heavy atom. The maximum atomic E-state index is 14.1. The lowest BCUT2D eigenvalue weighted by atomic mass is 9.97. The molecule has 0 radical (unpaired) electrons. The van der Waals surface area contributed by atoms with Crippen LogP contribution >= 0.6 is 56.5 Å². The van der Waals surface area contributed by atoms with Gasteiger partial charge in [0.15, 0.2) is 16.3 Å². The highest BCUT2D eigenvalue weighted by Gasteiger charge is 2.31. The molecule has 4 aromatic carbocycles. The van der Waals surface area contributed by atoms with Crippen molar-refractivity contribution in [3.8, 4) is 17.2 Å². The summed E-state index contributed by atoms with van der Waals surface area (Å²) in [5, 5.41) is 2.34. The predicted molar refractivity (Wildman–Crippen MR) is 200 cm³/mol. The molecule has 0 saturated carbocycles. The van der Waals surface area contributed by atoms with Crippen LogP contribution < -0.4 is 29.1 Å². The minimum absolute atomic E-state index is 0.245. The van der Waals surface area contributed by atoms with Crippen LogP contribution in [0.2, 0.25) is 0 Å². The van der Waals surface area contributed by atoms with Gasteiger partial charge < -0.3 is 18.9 Å². The number of nitrogens with zero attached hydrogens (tertiary/aromatic N) is 2. The topological polar surface area (TPSA) is 88.4 Å². The molecule has 2 heterocycles. The molecule has 0 aliphatic carbocycles. The van der Waals surface area contributed by atoms with E-state index in [1.165, 1.54) is 35.4 Å². The molecule has 5 aromatic rings. The first kappa shape index (κ1) is 33.2. The molecule has 0 fully saturated rings. The molecule has 1 aliphatic heterocycles. The molecule has 8 nitrogen and oxygen atoms in total. The second-order valence-corrected chi connectivity index (χ2v) is 13.8. The molecular formula is C36H30I2N2O6S. The van der Waals surface area contributed by atoms with Crippen molar-refractivity contribution in [2.75, 3.05) is 20.3 Å². The SMILES string of the molecule is CCOc1ccc([C@H]2C(C(=O)OC)=CN=c3s/c(=C\c4cc(I)c(OCc5cccc6ccccc56)c(I)c4)c(=O)n32)cc1OCC. The van der Waals surface area contributed by atoms with Gasteiger partial charge in [-0.05, 0) is 117 Å².